The molecule has 0 aliphatic rings. The van der Waals surface area contributed by atoms with Gasteiger partial charge in [-0.1, -0.05) is 44.7 Å². The molecule has 0 saturated carbocycles. The summed E-state index contributed by atoms with van der Waals surface area (Å²) in [7, 11) is -3.66. The van der Waals surface area contributed by atoms with Crippen molar-refractivity contribution in [3.63, 3.8) is 0 Å². The molecule has 0 amide bonds. The van der Waals surface area contributed by atoms with Crippen LogP contribution in [0.25, 0.3) is 0 Å². The van der Waals surface area contributed by atoms with Crippen LogP contribution in [0.3, 0.4) is 0 Å². The second-order valence-corrected chi connectivity index (χ2v) is 7.10. The summed E-state index contributed by atoms with van der Waals surface area (Å²) in [5.41, 5.74) is 0.343. The van der Waals surface area contributed by atoms with Gasteiger partial charge in [0, 0.05) is 6.04 Å². The highest BCUT2D eigenvalue weighted by atomic mass is 35.5. The Bertz CT molecular complexity index is 609. The van der Waals surface area contributed by atoms with Crippen molar-refractivity contribution in [3.8, 4) is 6.07 Å². The van der Waals surface area contributed by atoms with Crippen LogP contribution in [0.15, 0.2) is 23.1 Å². The van der Waals surface area contributed by atoms with Gasteiger partial charge >= 0.3 is 0 Å². The van der Waals surface area contributed by atoms with Crippen LogP contribution in [0.1, 0.15) is 51.5 Å². The fourth-order valence-electron chi connectivity index (χ4n) is 2.13. The molecule has 1 aromatic carbocycles. The third-order valence-electron chi connectivity index (χ3n) is 3.22. The fraction of sp³-hybridized carbons (Fsp3) is 0.533. The number of nitrogens with one attached hydrogen (secondary N) is 1. The molecule has 0 radical (unpaired) electrons. The summed E-state index contributed by atoms with van der Waals surface area (Å²) in [6.07, 6.45) is 4.54. The minimum atomic E-state index is -3.66. The Kier molecular flexibility index (Phi) is 7.16. The van der Waals surface area contributed by atoms with Gasteiger partial charge in [-0.2, -0.15) is 5.26 Å². The number of nitriles is 1. The van der Waals surface area contributed by atoms with Crippen molar-refractivity contribution in [2.45, 2.75) is 56.9 Å². The molecular formula is C15H21ClN2O2S. The normalized spacial score (nSPS) is 12.9. The molecule has 1 atom stereocenters. The molecule has 1 unspecified atom stereocenters. The van der Waals surface area contributed by atoms with Gasteiger partial charge in [0.15, 0.2) is 0 Å². The summed E-state index contributed by atoms with van der Waals surface area (Å²) in [5, 5.41) is 8.87. The van der Waals surface area contributed by atoms with E-state index in [1.54, 1.807) is 0 Å². The third-order valence-corrected chi connectivity index (χ3v) is 5.22. The molecular weight excluding hydrogens is 308 g/mol. The number of unbranched alkanes of at least 4 members (excludes halogenated alkanes) is 1. The molecule has 0 fully saturated rings. The van der Waals surface area contributed by atoms with Gasteiger partial charge < -0.3 is 0 Å². The number of rotatable bonds is 8. The average molecular weight is 329 g/mol. The van der Waals surface area contributed by atoms with E-state index in [1.807, 2.05) is 13.0 Å². The number of hydrogen-bond donors (Lipinski definition) is 1. The number of sulfonamides is 1. The Morgan fingerprint density at radius 3 is 2.52 bits per heavy atom. The smallest absolute Gasteiger partial charge is 0.208 e. The fourth-order valence-corrected chi connectivity index (χ4v) is 3.98. The standard InChI is InChI=1S/C15H21ClN2O2S/c1-3-5-7-13(6-4-2)18-21(19,20)15-9-8-12(11-17)10-14(15)16/h8-10,13,18H,3-7H2,1-2H3. The van der Waals surface area contributed by atoms with E-state index in [0.29, 0.717) is 5.56 Å². The maximum Gasteiger partial charge on any atom is 0.242 e. The van der Waals surface area contributed by atoms with E-state index in [1.165, 1.54) is 18.2 Å². The largest absolute Gasteiger partial charge is 0.242 e. The zero-order chi connectivity index (χ0) is 15.9. The molecule has 0 saturated heterocycles. The van der Waals surface area contributed by atoms with Crippen molar-refractivity contribution in [1.82, 2.24) is 4.72 Å². The Morgan fingerprint density at radius 2 is 2.00 bits per heavy atom. The summed E-state index contributed by atoms with van der Waals surface area (Å²) in [6.45, 7) is 4.11. The third kappa shape index (κ3) is 5.31. The van der Waals surface area contributed by atoms with E-state index >= 15 is 0 Å². The number of hydrogen-bond acceptors (Lipinski definition) is 3. The Balaban J connectivity index is 2.96. The van der Waals surface area contributed by atoms with Gasteiger partial charge in [0.2, 0.25) is 10.0 Å². The lowest BCUT2D eigenvalue weighted by molar-refractivity contribution is 0.483. The van der Waals surface area contributed by atoms with Crippen LogP contribution in [0.2, 0.25) is 5.02 Å². The van der Waals surface area contributed by atoms with Crippen molar-refractivity contribution in [1.29, 1.82) is 5.26 Å². The van der Waals surface area contributed by atoms with Gasteiger partial charge in [0.25, 0.3) is 0 Å². The molecule has 1 rings (SSSR count). The molecule has 0 aliphatic heterocycles. The SMILES string of the molecule is CCCCC(CCC)NS(=O)(=O)c1ccc(C#N)cc1Cl. The summed E-state index contributed by atoms with van der Waals surface area (Å²) in [6, 6.07) is 6.07. The van der Waals surface area contributed by atoms with E-state index in [0.717, 1.165) is 32.1 Å². The molecule has 0 spiro atoms. The van der Waals surface area contributed by atoms with Crippen molar-refractivity contribution < 1.29 is 8.42 Å². The van der Waals surface area contributed by atoms with Crippen LogP contribution in [0, 0.1) is 11.3 Å². The summed E-state index contributed by atoms with van der Waals surface area (Å²) >= 11 is 5.99. The van der Waals surface area contributed by atoms with E-state index < -0.39 is 10.0 Å². The van der Waals surface area contributed by atoms with E-state index in [2.05, 4.69) is 11.6 Å². The van der Waals surface area contributed by atoms with Crippen molar-refractivity contribution in [2.75, 3.05) is 0 Å². The van der Waals surface area contributed by atoms with Crippen LogP contribution in [0.4, 0.5) is 0 Å². The second-order valence-electron chi connectivity index (χ2n) is 5.01. The molecule has 21 heavy (non-hydrogen) atoms. The Morgan fingerprint density at radius 1 is 1.29 bits per heavy atom. The summed E-state index contributed by atoms with van der Waals surface area (Å²) < 4.78 is 27.6. The van der Waals surface area contributed by atoms with Crippen LogP contribution < -0.4 is 4.72 Å². The lowest BCUT2D eigenvalue weighted by Gasteiger charge is -2.18. The number of benzene rings is 1. The molecule has 4 nitrogen and oxygen atoms in total. The van der Waals surface area contributed by atoms with Crippen LogP contribution in [-0.4, -0.2) is 14.5 Å². The first-order valence-electron chi connectivity index (χ1n) is 7.16. The maximum atomic E-state index is 12.4. The lowest BCUT2D eigenvalue weighted by Crippen LogP contribution is -2.34. The van der Waals surface area contributed by atoms with E-state index in [-0.39, 0.29) is 16.0 Å². The molecule has 0 aliphatic carbocycles. The minimum Gasteiger partial charge on any atom is -0.208 e. The molecule has 6 heteroatoms. The van der Waals surface area contributed by atoms with Gasteiger partial charge in [-0.25, -0.2) is 13.1 Å². The highest BCUT2D eigenvalue weighted by Gasteiger charge is 2.22. The van der Waals surface area contributed by atoms with Crippen molar-refractivity contribution in [3.05, 3.63) is 28.8 Å². The Labute approximate surface area is 132 Å². The maximum absolute atomic E-state index is 12.4. The average Bonchev–Trinajstić information content (AvgIpc) is 2.44. The van der Waals surface area contributed by atoms with Gasteiger partial charge in [0.05, 0.1) is 16.7 Å². The molecule has 116 valence electrons. The second kappa shape index (κ2) is 8.38. The number of halogens is 1. The summed E-state index contributed by atoms with van der Waals surface area (Å²) in [4.78, 5) is 0.0285. The molecule has 1 N–H and O–H groups in total. The molecule has 1 aromatic rings. The van der Waals surface area contributed by atoms with E-state index in [4.69, 9.17) is 16.9 Å². The van der Waals surface area contributed by atoms with Crippen LogP contribution in [-0.2, 0) is 10.0 Å². The van der Waals surface area contributed by atoms with Crippen LogP contribution >= 0.6 is 11.6 Å². The summed E-state index contributed by atoms with van der Waals surface area (Å²) in [5.74, 6) is 0. The zero-order valence-corrected chi connectivity index (χ0v) is 14.0. The predicted molar refractivity (Wildman–Crippen MR) is 84.7 cm³/mol. The quantitative estimate of drug-likeness (QED) is 0.788. The predicted octanol–water partition coefficient (Wildman–Crippen LogP) is 3.85. The van der Waals surface area contributed by atoms with Gasteiger partial charge in [0.1, 0.15) is 4.90 Å². The van der Waals surface area contributed by atoms with Gasteiger partial charge in [-0.15, -0.1) is 0 Å². The highest BCUT2D eigenvalue weighted by Crippen LogP contribution is 2.23. The van der Waals surface area contributed by atoms with Crippen molar-refractivity contribution in [2.24, 2.45) is 0 Å². The van der Waals surface area contributed by atoms with E-state index in [9.17, 15) is 8.42 Å². The zero-order valence-electron chi connectivity index (χ0n) is 12.4. The Hall–Kier alpha value is -1.09. The first-order valence-corrected chi connectivity index (χ1v) is 9.02. The molecule has 0 bridgehead atoms. The highest BCUT2D eigenvalue weighted by molar-refractivity contribution is 7.89. The lowest BCUT2D eigenvalue weighted by atomic mass is 10.1. The number of nitrogens with zero attached hydrogens (tertiary/aromatic N) is 1. The van der Waals surface area contributed by atoms with Crippen LogP contribution in [0.5, 0.6) is 0 Å². The monoisotopic (exact) mass is 328 g/mol. The first kappa shape index (κ1) is 18.0. The van der Waals surface area contributed by atoms with Crippen molar-refractivity contribution >= 4 is 21.6 Å². The molecule has 0 heterocycles. The van der Waals surface area contributed by atoms with Gasteiger partial charge in [-0.3, -0.25) is 0 Å². The minimum absolute atomic E-state index is 0.0285. The van der Waals surface area contributed by atoms with Gasteiger partial charge in [-0.05, 0) is 31.0 Å². The topological polar surface area (TPSA) is 70.0 Å². The first-order chi connectivity index (χ1) is 9.94. The molecule has 0 aromatic heterocycles.